The lowest BCUT2D eigenvalue weighted by Gasteiger charge is -2.27. The van der Waals surface area contributed by atoms with E-state index < -0.39 is 0 Å². The largest absolute Gasteiger partial charge is 0.364 e. The number of ether oxygens (including phenoxy) is 1. The number of hydrogen-bond acceptors (Lipinski definition) is 3. The Morgan fingerprint density at radius 2 is 2.35 bits per heavy atom. The lowest BCUT2D eigenvalue weighted by atomic mass is 10.0. The third-order valence-corrected chi connectivity index (χ3v) is 3.55. The highest BCUT2D eigenvalue weighted by molar-refractivity contribution is 5.77. The van der Waals surface area contributed by atoms with Crippen molar-refractivity contribution in [1.82, 2.24) is 5.32 Å². The number of rotatable bonds is 7. The summed E-state index contributed by atoms with van der Waals surface area (Å²) >= 11 is 0. The lowest BCUT2D eigenvalue weighted by Crippen LogP contribution is -2.41. The van der Waals surface area contributed by atoms with Crippen LogP contribution in [0.5, 0.6) is 0 Å². The van der Waals surface area contributed by atoms with Gasteiger partial charge in [-0.3, -0.25) is 4.79 Å². The second kappa shape index (κ2) is 6.97. The summed E-state index contributed by atoms with van der Waals surface area (Å²) in [6, 6.07) is 0. The van der Waals surface area contributed by atoms with E-state index in [1.54, 1.807) is 0 Å². The number of nitrogens with one attached hydrogen (secondary N) is 1. The van der Waals surface area contributed by atoms with Crippen LogP contribution in [-0.4, -0.2) is 31.2 Å². The fraction of sp³-hybridized carbons (Fsp3) is 0.923. The quantitative estimate of drug-likeness (QED) is 0.664. The molecule has 1 rings (SSSR count). The number of unbranched alkanes of at least 4 members (excludes halogenated alkanes) is 1. The van der Waals surface area contributed by atoms with Gasteiger partial charge >= 0.3 is 0 Å². The van der Waals surface area contributed by atoms with Gasteiger partial charge in [0, 0.05) is 13.1 Å². The van der Waals surface area contributed by atoms with E-state index in [1.165, 1.54) is 0 Å². The van der Waals surface area contributed by atoms with Crippen molar-refractivity contribution in [2.45, 2.75) is 51.6 Å². The van der Waals surface area contributed by atoms with Crippen LogP contribution in [0.2, 0.25) is 0 Å². The Hall–Kier alpha value is -0.610. The number of carbonyl (C=O) groups is 1. The van der Waals surface area contributed by atoms with E-state index in [0.717, 1.165) is 38.6 Å². The maximum absolute atomic E-state index is 11.5. The van der Waals surface area contributed by atoms with Crippen molar-refractivity contribution in [3.05, 3.63) is 0 Å². The van der Waals surface area contributed by atoms with E-state index in [1.807, 2.05) is 0 Å². The summed E-state index contributed by atoms with van der Waals surface area (Å²) in [4.78, 5) is 11.5. The van der Waals surface area contributed by atoms with Gasteiger partial charge in [0.15, 0.2) is 0 Å². The highest BCUT2D eigenvalue weighted by Gasteiger charge is 2.37. The van der Waals surface area contributed by atoms with Gasteiger partial charge in [-0.2, -0.15) is 0 Å². The molecule has 100 valence electrons. The van der Waals surface area contributed by atoms with Crippen LogP contribution in [-0.2, 0) is 9.53 Å². The Balaban J connectivity index is 2.26. The molecule has 2 atom stereocenters. The normalized spacial score (nSPS) is 28.3. The first kappa shape index (κ1) is 14.5. The summed E-state index contributed by atoms with van der Waals surface area (Å²) in [5.74, 6) is 0.632. The van der Waals surface area contributed by atoms with Crippen LogP contribution in [0.1, 0.15) is 46.0 Å². The first-order valence-electron chi connectivity index (χ1n) is 6.72. The molecule has 2 unspecified atom stereocenters. The summed E-state index contributed by atoms with van der Waals surface area (Å²) in [6.45, 7) is 5.71. The van der Waals surface area contributed by atoms with Crippen LogP contribution in [0.4, 0.5) is 0 Å². The maximum atomic E-state index is 11.5. The smallest absolute Gasteiger partial charge is 0.246 e. The molecule has 0 aromatic rings. The third-order valence-electron chi connectivity index (χ3n) is 3.55. The maximum Gasteiger partial charge on any atom is 0.246 e. The predicted molar refractivity (Wildman–Crippen MR) is 68.7 cm³/mol. The van der Waals surface area contributed by atoms with Crippen LogP contribution in [0.25, 0.3) is 0 Å². The Morgan fingerprint density at radius 1 is 1.59 bits per heavy atom. The van der Waals surface area contributed by atoms with Gasteiger partial charge in [-0.05, 0) is 31.6 Å². The molecular formula is C13H26N2O2. The first-order chi connectivity index (χ1) is 8.12. The molecule has 17 heavy (non-hydrogen) atoms. The minimum absolute atomic E-state index is 0.0224. The van der Waals surface area contributed by atoms with Gasteiger partial charge in [0.05, 0.1) is 5.60 Å². The number of nitrogens with two attached hydrogens (primary N) is 1. The minimum atomic E-state index is -0.248. The molecule has 0 radical (unpaired) electrons. The van der Waals surface area contributed by atoms with E-state index in [0.29, 0.717) is 12.5 Å². The van der Waals surface area contributed by atoms with Crippen molar-refractivity contribution in [3.8, 4) is 0 Å². The third kappa shape index (κ3) is 4.64. The van der Waals surface area contributed by atoms with Gasteiger partial charge < -0.3 is 15.8 Å². The molecule has 1 aliphatic rings. The van der Waals surface area contributed by atoms with Crippen LogP contribution < -0.4 is 11.1 Å². The zero-order valence-corrected chi connectivity index (χ0v) is 11.1. The minimum Gasteiger partial charge on any atom is -0.364 e. The van der Waals surface area contributed by atoms with Gasteiger partial charge in [-0.1, -0.05) is 20.3 Å². The highest BCUT2D eigenvalue weighted by Crippen LogP contribution is 2.36. The van der Waals surface area contributed by atoms with Gasteiger partial charge in [-0.25, -0.2) is 0 Å². The summed E-state index contributed by atoms with van der Waals surface area (Å²) in [5.41, 5.74) is 5.53. The second-order valence-corrected chi connectivity index (χ2v) is 5.23. The molecular weight excluding hydrogens is 216 g/mol. The molecule has 0 bridgehead atoms. The average molecular weight is 242 g/mol. The van der Waals surface area contributed by atoms with Crippen LogP contribution in [0.15, 0.2) is 0 Å². The molecule has 0 aromatic carbocycles. The van der Waals surface area contributed by atoms with Crippen molar-refractivity contribution in [2.24, 2.45) is 11.7 Å². The number of amides is 1. The molecule has 0 aromatic heterocycles. The number of hydrogen-bond donors (Lipinski definition) is 2. The topological polar surface area (TPSA) is 64.3 Å². The fourth-order valence-corrected chi connectivity index (χ4v) is 2.40. The van der Waals surface area contributed by atoms with Crippen molar-refractivity contribution < 1.29 is 9.53 Å². The van der Waals surface area contributed by atoms with Crippen molar-refractivity contribution in [2.75, 3.05) is 19.7 Å². The van der Waals surface area contributed by atoms with Gasteiger partial charge in [0.1, 0.15) is 6.61 Å². The van der Waals surface area contributed by atoms with Crippen molar-refractivity contribution >= 4 is 5.91 Å². The zero-order valence-electron chi connectivity index (χ0n) is 11.1. The van der Waals surface area contributed by atoms with E-state index in [4.69, 9.17) is 10.5 Å². The molecule has 1 amide bonds. The van der Waals surface area contributed by atoms with Crippen LogP contribution in [0, 0.1) is 5.92 Å². The molecule has 1 saturated carbocycles. The summed E-state index contributed by atoms with van der Waals surface area (Å²) in [7, 11) is 0. The van der Waals surface area contributed by atoms with E-state index in [9.17, 15) is 4.79 Å². The molecule has 0 spiro atoms. The first-order valence-corrected chi connectivity index (χ1v) is 6.72. The van der Waals surface area contributed by atoms with Gasteiger partial charge in [-0.15, -0.1) is 0 Å². The Labute approximate surface area is 104 Å². The van der Waals surface area contributed by atoms with Crippen LogP contribution >= 0.6 is 0 Å². The van der Waals surface area contributed by atoms with Crippen molar-refractivity contribution in [1.29, 1.82) is 0 Å². The predicted octanol–water partition coefficient (Wildman–Crippen LogP) is 1.44. The van der Waals surface area contributed by atoms with Crippen LogP contribution in [0.3, 0.4) is 0 Å². The molecule has 0 saturated heterocycles. The zero-order chi connectivity index (χ0) is 12.7. The fourth-order valence-electron chi connectivity index (χ4n) is 2.40. The SMILES string of the molecule is CCCCNC(=O)COC1(CN)CCC(C)C1. The molecule has 0 heterocycles. The van der Waals surface area contributed by atoms with E-state index >= 15 is 0 Å². The highest BCUT2D eigenvalue weighted by atomic mass is 16.5. The molecule has 0 aliphatic heterocycles. The van der Waals surface area contributed by atoms with Gasteiger partial charge in [0.25, 0.3) is 0 Å². The van der Waals surface area contributed by atoms with E-state index in [-0.39, 0.29) is 18.1 Å². The summed E-state index contributed by atoms with van der Waals surface area (Å²) < 4.78 is 5.77. The summed E-state index contributed by atoms with van der Waals surface area (Å²) in [6.07, 6.45) is 5.21. The van der Waals surface area contributed by atoms with E-state index in [2.05, 4.69) is 19.2 Å². The van der Waals surface area contributed by atoms with Crippen molar-refractivity contribution in [3.63, 3.8) is 0 Å². The number of carbonyl (C=O) groups excluding carboxylic acids is 1. The Bertz CT molecular complexity index is 246. The Kier molecular flexibility index (Phi) is 5.92. The second-order valence-electron chi connectivity index (χ2n) is 5.23. The Morgan fingerprint density at radius 3 is 2.88 bits per heavy atom. The lowest BCUT2D eigenvalue weighted by molar-refractivity contribution is -0.132. The molecule has 4 heteroatoms. The average Bonchev–Trinajstić information content (AvgIpc) is 2.70. The monoisotopic (exact) mass is 242 g/mol. The molecule has 4 nitrogen and oxygen atoms in total. The standard InChI is InChI=1S/C13H26N2O2/c1-3-4-7-15-12(16)9-17-13(10-14)6-5-11(2)8-13/h11H,3-10,14H2,1-2H3,(H,15,16). The molecule has 3 N–H and O–H groups in total. The molecule has 1 aliphatic carbocycles. The summed E-state index contributed by atoms with van der Waals surface area (Å²) in [5, 5.41) is 2.86. The molecule has 1 fully saturated rings. The van der Waals surface area contributed by atoms with Gasteiger partial charge in [0.2, 0.25) is 5.91 Å².